The molecule has 5 N–H and O–H groups in total. The third kappa shape index (κ3) is 12.0. The van der Waals surface area contributed by atoms with E-state index < -0.39 is 0 Å². The number of nitrogens with one attached hydrogen (secondary N) is 5. The van der Waals surface area contributed by atoms with Crippen LogP contribution in [0.25, 0.3) is 56.9 Å². The largest absolute Gasteiger partial charge is 0.282 e. The van der Waals surface area contributed by atoms with E-state index >= 15 is 0 Å². The molecule has 1 fully saturated rings. The minimum absolute atomic E-state index is 0.0767. The van der Waals surface area contributed by atoms with Gasteiger partial charge in [0.15, 0.2) is 0 Å². The Bertz CT molecular complexity index is 3650. The van der Waals surface area contributed by atoms with Gasteiger partial charge in [-0.25, -0.2) is 49.8 Å². The molecule has 2 unspecified atom stereocenters. The maximum Gasteiger partial charge on any atom is 0.116 e. The van der Waals surface area contributed by atoms with Crippen LogP contribution < -0.4 is 0 Å². The average molecular weight is 1080 g/mol. The van der Waals surface area contributed by atoms with Gasteiger partial charge in [-0.2, -0.15) is 25.5 Å². The monoisotopic (exact) mass is 1070 g/mol. The molecule has 0 amide bonds. The quantitative estimate of drug-likeness (QED) is 0.107. The number of hydrogen-bond acceptors (Lipinski definition) is 15. The lowest BCUT2D eigenvalue weighted by Crippen LogP contribution is -2.32. The summed E-state index contributed by atoms with van der Waals surface area (Å²) < 4.78 is 0. The molecule has 0 aliphatic heterocycles. The predicted octanol–water partition coefficient (Wildman–Crippen LogP) is 11.6. The maximum atomic E-state index is 4.59. The molecule has 0 saturated heterocycles. The lowest BCUT2D eigenvalue weighted by Gasteiger charge is -2.34. The van der Waals surface area contributed by atoms with Crippen LogP contribution >= 0.6 is 0 Å². The lowest BCUT2D eigenvalue weighted by atomic mass is 9.70. The van der Waals surface area contributed by atoms with E-state index in [0.717, 1.165) is 109 Å². The Balaban J connectivity index is 0.000000122. The van der Waals surface area contributed by atoms with Crippen molar-refractivity contribution in [3.05, 3.63) is 148 Å². The van der Waals surface area contributed by atoms with Crippen LogP contribution in [0, 0.1) is 53.9 Å². The van der Waals surface area contributed by atoms with E-state index in [2.05, 4.69) is 156 Å². The third-order valence-electron chi connectivity index (χ3n) is 15.8. The molecule has 0 radical (unpaired) electrons. The molecule has 20 nitrogen and oxygen atoms in total. The van der Waals surface area contributed by atoms with Crippen LogP contribution in [0.5, 0.6) is 0 Å². The Hall–Kier alpha value is -8.55. The molecular formula is C60H74N20. The van der Waals surface area contributed by atoms with Crippen molar-refractivity contribution < 1.29 is 0 Å². The summed E-state index contributed by atoms with van der Waals surface area (Å²) in [6.45, 7) is 31.9. The predicted molar refractivity (Wildman–Crippen MR) is 309 cm³/mol. The summed E-state index contributed by atoms with van der Waals surface area (Å²) in [5, 5.41) is 36.9. The third-order valence-corrected chi connectivity index (χ3v) is 15.8. The van der Waals surface area contributed by atoms with Gasteiger partial charge in [0, 0.05) is 84.3 Å². The first kappa shape index (κ1) is 56.2. The van der Waals surface area contributed by atoms with E-state index in [1.54, 1.807) is 31.6 Å². The molecule has 10 aromatic rings. The second kappa shape index (κ2) is 22.7. The fourth-order valence-electron chi connectivity index (χ4n) is 10.9. The highest BCUT2D eigenvalue weighted by Gasteiger charge is 2.61. The zero-order chi connectivity index (χ0) is 57.1. The van der Waals surface area contributed by atoms with Gasteiger partial charge in [-0.05, 0) is 140 Å². The fraction of sp³-hybridized carbons (Fsp3) is 0.417. The molecule has 20 heteroatoms. The Kier molecular flexibility index (Phi) is 15.9. The lowest BCUT2D eigenvalue weighted by molar-refractivity contribution is 0.225. The Morgan fingerprint density at radius 2 is 0.838 bits per heavy atom. The normalized spacial score (nSPS) is 17.1. The Morgan fingerprint density at radius 3 is 1.27 bits per heavy atom. The van der Waals surface area contributed by atoms with Crippen molar-refractivity contribution in [1.29, 1.82) is 0 Å². The minimum atomic E-state index is 0.0767. The van der Waals surface area contributed by atoms with E-state index in [1.165, 1.54) is 48.2 Å². The van der Waals surface area contributed by atoms with Crippen LogP contribution in [0.3, 0.4) is 0 Å². The Morgan fingerprint density at radius 1 is 0.425 bits per heavy atom. The number of aromatic amines is 5. The topological polar surface area (TPSA) is 272 Å². The molecule has 2 bridgehead atoms. The number of hydrogen-bond donors (Lipinski definition) is 5. The van der Waals surface area contributed by atoms with Crippen LogP contribution in [-0.2, 0) is 22.7 Å². The van der Waals surface area contributed by atoms with Gasteiger partial charge in [0.2, 0.25) is 0 Å². The van der Waals surface area contributed by atoms with Crippen molar-refractivity contribution >= 4 is 0 Å². The van der Waals surface area contributed by atoms with Crippen molar-refractivity contribution in [2.75, 3.05) is 0 Å². The van der Waals surface area contributed by atoms with Crippen molar-refractivity contribution in [1.82, 2.24) is 101 Å². The fourth-order valence-corrected chi connectivity index (χ4v) is 10.9. The second-order valence-corrected chi connectivity index (χ2v) is 23.7. The molecule has 10 heterocycles. The zero-order valence-electron chi connectivity index (χ0n) is 48.8. The highest BCUT2D eigenvalue weighted by molar-refractivity contribution is 5.66. The number of H-pyrrole nitrogens is 5. The molecule has 0 aromatic carbocycles. The van der Waals surface area contributed by atoms with E-state index in [0.29, 0.717) is 11.3 Å². The SMILES string of the molecule is Cc1cc(-c2cc(C(C)(C)C)[nH]n2)ncn1.Cc1cc(-c2cc(C)[nH]n2)ncn1.Cc1cc(-c2cc(C)[nH]n2)ncn1.Cc1cc(-c2n[nH]c3c2C2CCC3(C)C2(C)C)ncn1.Cc1cc(-c2n[nH]c3c2CCCC3(C)C)ncn1. The molecule has 3 aliphatic carbocycles. The maximum absolute atomic E-state index is 4.59. The van der Waals surface area contributed by atoms with Gasteiger partial charge in [0.25, 0.3) is 0 Å². The number of rotatable bonds is 5. The minimum Gasteiger partial charge on any atom is -0.282 e. The summed E-state index contributed by atoms with van der Waals surface area (Å²) in [5.74, 6) is 0.589. The van der Waals surface area contributed by atoms with Crippen molar-refractivity contribution in [2.45, 2.75) is 158 Å². The van der Waals surface area contributed by atoms with E-state index in [1.807, 2.05) is 97.0 Å². The molecule has 0 spiro atoms. The van der Waals surface area contributed by atoms with Crippen molar-refractivity contribution in [2.24, 2.45) is 5.41 Å². The molecule has 414 valence electrons. The summed E-state index contributed by atoms with van der Waals surface area (Å²) in [7, 11) is 0. The van der Waals surface area contributed by atoms with Gasteiger partial charge >= 0.3 is 0 Å². The van der Waals surface area contributed by atoms with Gasteiger partial charge in [0.05, 0.1) is 28.5 Å². The number of fused-ring (bicyclic) bond motifs is 6. The number of aryl methyl sites for hydroxylation is 7. The van der Waals surface area contributed by atoms with Crippen LogP contribution in [0.2, 0.25) is 0 Å². The van der Waals surface area contributed by atoms with E-state index in [-0.39, 0.29) is 16.2 Å². The molecule has 10 aromatic heterocycles. The summed E-state index contributed by atoms with van der Waals surface area (Å²) in [6, 6.07) is 15.7. The van der Waals surface area contributed by atoms with Crippen molar-refractivity contribution in [3.63, 3.8) is 0 Å². The standard InChI is InChI=1S/C16H20N4.C14H18N4.C12H16N4.2C9H10N4/c1-9-7-11(18-8-17-9)13-12-10-5-6-16(4,15(10,2)3)14(12)20-19-13;1-9-7-11(16-8-15-9)12-10-5-4-6-14(2,3)13(10)18-17-12;1-8-5-9(14-7-13-8)10-6-11(16-15-10)12(2,3)4;2*1-6-3-8(11-5-10-6)9-4-7(2)12-13-9/h7-8,10H,5-6H2,1-4H3,(H,19,20);7-8H,4-6H2,1-3H3,(H,17,18);5-7H,1-4H3,(H,15,16);2*3-5H,1-2H3,(H,12,13). The van der Waals surface area contributed by atoms with Crippen LogP contribution in [0.1, 0.15) is 155 Å². The molecule has 2 atom stereocenters. The van der Waals surface area contributed by atoms with Gasteiger partial charge < -0.3 is 0 Å². The summed E-state index contributed by atoms with van der Waals surface area (Å²) in [4.78, 5) is 41.7. The van der Waals surface area contributed by atoms with E-state index in [9.17, 15) is 0 Å². The first-order valence-corrected chi connectivity index (χ1v) is 27.2. The molecular weight excluding hydrogens is 1000 g/mol. The van der Waals surface area contributed by atoms with Crippen molar-refractivity contribution in [3.8, 4) is 56.9 Å². The Labute approximate surface area is 467 Å². The van der Waals surface area contributed by atoms with Gasteiger partial charge in [-0.1, -0.05) is 55.4 Å². The van der Waals surface area contributed by atoms with Crippen LogP contribution in [0.15, 0.2) is 80.2 Å². The van der Waals surface area contributed by atoms with Gasteiger partial charge in [0.1, 0.15) is 60.1 Å². The molecule has 13 rings (SSSR count). The summed E-state index contributed by atoms with van der Waals surface area (Å²) >= 11 is 0. The summed E-state index contributed by atoms with van der Waals surface area (Å²) in [5.41, 5.74) is 23.2. The number of nitrogens with zero attached hydrogens (tertiary/aromatic N) is 15. The zero-order valence-corrected chi connectivity index (χ0v) is 48.8. The highest BCUT2D eigenvalue weighted by atomic mass is 15.2. The van der Waals surface area contributed by atoms with E-state index in [4.69, 9.17) is 0 Å². The number of aromatic nitrogens is 20. The molecule has 1 saturated carbocycles. The molecule has 3 aliphatic rings. The first-order valence-electron chi connectivity index (χ1n) is 27.2. The second-order valence-electron chi connectivity index (χ2n) is 23.7. The first-order chi connectivity index (χ1) is 38.0. The molecule has 80 heavy (non-hydrogen) atoms. The van der Waals surface area contributed by atoms with Gasteiger partial charge in [-0.3, -0.25) is 25.5 Å². The van der Waals surface area contributed by atoms with Crippen LogP contribution in [0.4, 0.5) is 0 Å². The van der Waals surface area contributed by atoms with Crippen LogP contribution in [-0.4, -0.2) is 101 Å². The summed E-state index contributed by atoms with van der Waals surface area (Å²) in [6.07, 6.45) is 13.9. The average Bonchev–Trinajstić information content (AvgIpc) is 4.38. The highest BCUT2D eigenvalue weighted by Crippen LogP contribution is 2.68. The smallest absolute Gasteiger partial charge is 0.116 e. The van der Waals surface area contributed by atoms with Gasteiger partial charge in [-0.15, -0.1) is 0 Å².